The number of benzene rings is 1. The molecule has 0 aliphatic heterocycles. The van der Waals surface area contributed by atoms with Gasteiger partial charge in [0.2, 0.25) is 0 Å². The van der Waals surface area contributed by atoms with Crippen LogP contribution < -0.4 is 5.56 Å². The first kappa shape index (κ1) is 14.5. The summed E-state index contributed by atoms with van der Waals surface area (Å²) in [6.07, 6.45) is 1.34. The largest absolute Gasteiger partial charge is 0.481 e. The molecule has 1 N–H and O–H groups in total. The molecule has 0 spiro atoms. The highest BCUT2D eigenvalue weighted by Crippen LogP contribution is 2.22. The predicted octanol–water partition coefficient (Wildman–Crippen LogP) is 2.20. The van der Waals surface area contributed by atoms with Crippen molar-refractivity contribution in [3.05, 3.63) is 51.7 Å². The summed E-state index contributed by atoms with van der Waals surface area (Å²) in [5, 5.41) is 9.00. The summed E-state index contributed by atoms with van der Waals surface area (Å²) in [4.78, 5) is 25.5. The van der Waals surface area contributed by atoms with E-state index in [1.165, 1.54) is 29.0 Å². The Morgan fingerprint density at radius 3 is 2.85 bits per heavy atom. The fourth-order valence-electron chi connectivity index (χ4n) is 1.48. The molecule has 0 saturated heterocycles. The van der Waals surface area contributed by atoms with Crippen molar-refractivity contribution >= 4 is 29.3 Å². The van der Waals surface area contributed by atoms with Crippen molar-refractivity contribution in [3.8, 4) is 5.69 Å². The van der Waals surface area contributed by atoms with Crippen LogP contribution in [0.15, 0.2) is 40.4 Å². The molecule has 0 atom stereocenters. The minimum Gasteiger partial charge on any atom is -0.481 e. The number of halogens is 2. The second-order valence-electron chi connectivity index (χ2n) is 3.70. The number of carbonyl (C=O) groups is 1. The first-order chi connectivity index (χ1) is 9.47. The van der Waals surface area contributed by atoms with Crippen LogP contribution >= 0.6 is 23.4 Å². The van der Waals surface area contributed by atoms with E-state index >= 15 is 0 Å². The average Bonchev–Trinajstić information content (AvgIpc) is 2.37. The summed E-state index contributed by atoms with van der Waals surface area (Å²) in [6, 6.07) is 5.21. The highest BCUT2D eigenvalue weighted by Gasteiger charge is 2.12. The van der Waals surface area contributed by atoms with Gasteiger partial charge < -0.3 is 5.11 Å². The van der Waals surface area contributed by atoms with Crippen LogP contribution in [0.25, 0.3) is 5.69 Å². The van der Waals surface area contributed by atoms with E-state index in [1.807, 2.05) is 0 Å². The van der Waals surface area contributed by atoms with Gasteiger partial charge in [-0.15, -0.1) is 0 Å². The van der Waals surface area contributed by atoms with Crippen molar-refractivity contribution in [1.29, 1.82) is 0 Å². The summed E-state index contributed by atoms with van der Waals surface area (Å²) >= 11 is 6.50. The third-order valence-electron chi connectivity index (χ3n) is 2.27. The lowest BCUT2D eigenvalue weighted by atomic mass is 10.3. The van der Waals surface area contributed by atoms with Crippen LogP contribution in [0.5, 0.6) is 0 Å². The van der Waals surface area contributed by atoms with Crippen molar-refractivity contribution in [2.75, 3.05) is 5.75 Å². The number of hydrogen-bond donors (Lipinski definition) is 1. The fourth-order valence-corrected chi connectivity index (χ4v) is 2.34. The number of aromatic nitrogens is 2. The van der Waals surface area contributed by atoms with Gasteiger partial charge in [0.15, 0.2) is 5.16 Å². The zero-order chi connectivity index (χ0) is 14.7. The second-order valence-corrected chi connectivity index (χ2v) is 5.08. The lowest BCUT2D eigenvalue weighted by molar-refractivity contribution is -0.133. The topological polar surface area (TPSA) is 72.2 Å². The van der Waals surface area contributed by atoms with E-state index in [2.05, 4.69) is 4.98 Å². The van der Waals surface area contributed by atoms with Gasteiger partial charge in [0.05, 0.1) is 11.4 Å². The number of hydrogen-bond acceptors (Lipinski definition) is 4. The molecule has 5 nitrogen and oxygen atoms in total. The molecule has 2 rings (SSSR count). The molecule has 104 valence electrons. The normalized spacial score (nSPS) is 10.5. The Labute approximate surface area is 122 Å². The molecule has 0 amide bonds. The van der Waals surface area contributed by atoms with Crippen molar-refractivity contribution < 1.29 is 14.3 Å². The van der Waals surface area contributed by atoms with Crippen LogP contribution in [0.1, 0.15) is 0 Å². The quantitative estimate of drug-likeness (QED) is 0.692. The molecule has 8 heteroatoms. The molecule has 20 heavy (non-hydrogen) atoms. The first-order valence-electron chi connectivity index (χ1n) is 5.37. The van der Waals surface area contributed by atoms with Gasteiger partial charge in [0.1, 0.15) is 5.82 Å². The maximum atomic E-state index is 13.9. The van der Waals surface area contributed by atoms with Crippen molar-refractivity contribution in [1.82, 2.24) is 9.55 Å². The van der Waals surface area contributed by atoms with Gasteiger partial charge in [0.25, 0.3) is 5.56 Å². The zero-order valence-electron chi connectivity index (χ0n) is 9.92. The Bertz CT molecular complexity index is 720. The second kappa shape index (κ2) is 6.06. The molecular weight excluding hydrogens is 307 g/mol. The van der Waals surface area contributed by atoms with Gasteiger partial charge in [-0.1, -0.05) is 23.4 Å². The van der Waals surface area contributed by atoms with Gasteiger partial charge in [-0.05, 0) is 18.2 Å². The molecule has 0 aliphatic rings. The van der Waals surface area contributed by atoms with Gasteiger partial charge >= 0.3 is 5.97 Å². The maximum Gasteiger partial charge on any atom is 0.313 e. The van der Waals surface area contributed by atoms with Crippen LogP contribution in [0.2, 0.25) is 5.02 Å². The summed E-state index contributed by atoms with van der Waals surface area (Å²) in [5.41, 5.74) is -0.390. The number of aliphatic carboxylic acids is 1. The Morgan fingerprint density at radius 2 is 2.20 bits per heavy atom. The molecule has 1 aromatic carbocycles. The zero-order valence-corrected chi connectivity index (χ0v) is 11.5. The number of rotatable bonds is 4. The summed E-state index contributed by atoms with van der Waals surface area (Å²) < 4.78 is 15.2. The standard InChI is InChI=1S/C12H8ClFN2O3S/c13-7-1-2-9(8(14)5-7)16-4-3-10(17)15-12(16)20-6-11(18)19/h1-5H,6H2,(H,18,19). The molecule has 0 saturated carbocycles. The summed E-state index contributed by atoms with van der Waals surface area (Å²) in [6.45, 7) is 0. The first-order valence-corrected chi connectivity index (χ1v) is 6.73. The minimum atomic E-state index is -1.06. The van der Waals surface area contributed by atoms with Crippen LogP contribution in [-0.2, 0) is 4.79 Å². The lowest BCUT2D eigenvalue weighted by Crippen LogP contribution is -2.14. The Kier molecular flexibility index (Phi) is 4.41. The van der Waals surface area contributed by atoms with Crippen molar-refractivity contribution in [3.63, 3.8) is 0 Å². The van der Waals surface area contributed by atoms with Crippen molar-refractivity contribution in [2.45, 2.75) is 5.16 Å². The predicted molar refractivity (Wildman–Crippen MR) is 73.2 cm³/mol. The number of carboxylic acids is 1. The number of carboxylic acid groups (broad SMARTS) is 1. The van der Waals surface area contributed by atoms with Gasteiger partial charge in [-0.2, -0.15) is 4.98 Å². The van der Waals surface area contributed by atoms with E-state index in [1.54, 1.807) is 0 Å². The third-order valence-corrected chi connectivity index (χ3v) is 3.44. The molecule has 0 fully saturated rings. The average molecular weight is 315 g/mol. The summed E-state index contributed by atoms with van der Waals surface area (Å²) in [7, 11) is 0. The van der Waals surface area contributed by atoms with E-state index in [0.29, 0.717) is 0 Å². The summed E-state index contributed by atoms with van der Waals surface area (Å²) in [5.74, 6) is -1.94. The highest BCUT2D eigenvalue weighted by atomic mass is 35.5. The van der Waals surface area contributed by atoms with Crippen LogP contribution in [-0.4, -0.2) is 26.4 Å². The van der Waals surface area contributed by atoms with Gasteiger partial charge in [0, 0.05) is 17.3 Å². The van der Waals surface area contributed by atoms with Crippen LogP contribution in [0, 0.1) is 5.82 Å². The molecule has 0 aliphatic carbocycles. The third kappa shape index (κ3) is 3.37. The smallest absolute Gasteiger partial charge is 0.313 e. The Hall–Kier alpha value is -1.86. The molecule has 1 aromatic heterocycles. The molecule has 1 heterocycles. The molecule has 0 radical (unpaired) electrons. The van der Waals surface area contributed by atoms with E-state index in [9.17, 15) is 14.0 Å². The maximum absolute atomic E-state index is 13.9. The Balaban J connectivity index is 2.49. The minimum absolute atomic E-state index is 0.0983. The highest BCUT2D eigenvalue weighted by molar-refractivity contribution is 7.99. The van der Waals surface area contributed by atoms with Gasteiger partial charge in [-0.3, -0.25) is 14.2 Å². The van der Waals surface area contributed by atoms with E-state index in [4.69, 9.17) is 16.7 Å². The van der Waals surface area contributed by atoms with Gasteiger partial charge in [-0.25, -0.2) is 4.39 Å². The van der Waals surface area contributed by atoms with Crippen LogP contribution in [0.4, 0.5) is 4.39 Å². The monoisotopic (exact) mass is 314 g/mol. The molecule has 0 unspecified atom stereocenters. The van der Waals surface area contributed by atoms with Crippen molar-refractivity contribution in [2.24, 2.45) is 0 Å². The lowest BCUT2D eigenvalue weighted by Gasteiger charge is -2.11. The van der Waals surface area contributed by atoms with Crippen LogP contribution in [0.3, 0.4) is 0 Å². The SMILES string of the molecule is O=C(O)CSc1nc(=O)ccn1-c1ccc(Cl)cc1F. The molecular formula is C12H8ClFN2O3S. The van der Waals surface area contributed by atoms with E-state index in [0.717, 1.165) is 17.8 Å². The molecule has 2 aromatic rings. The van der Waals surface area contributed by atoms with E-state index < -0.39 is 17.3 Å². The number of nitrogens with zero attached hydrogens (tertiary/aromatic N) is 2. The molecule has 0 bridgehead atoms. The van der Waals surface area contributed by atoms with E-state index in [-0.39, 0.29) is 21.6 Å². The fraction of sp³-hybridized carbons (Fsp3) is 0.0833. The Morgan fingerprint density at radius 1 is 1.45 bits per heavy atom. The number of thioether (sulfide) groups is 1.